The molecule has 0 unspecified atom stereocenters. The minimum atomic E-state index is -0.117. The molecule has 0 atom stereocenters. The first-order valence-corrected chi connectivity index (χ1v) is 11.4. The van der Waals surface area contributed by atoms with E-state index in [-0.39, 0.29) is 11.8 Å². The first-order chi connectivity index (χ1) is 15.0. The van der Waals surface area contributed by atoms with Crippen molar-refractivity contribution in [3.8, 4) is 5.69 Å². The van der Waals surface area contributed by atoms with Crippen LogP contribution in [-0.2, 0) is 11.3 Å². The van der Waals surface area contributed by atoms with Gasteiger partial charge in [-0.2, -0.15) is 0 Å². The van der Waals surface area contributed by atoms with Crippen LogP contribution in [0, 0.1) is 5.92 Å². The largest absolute Gasteiger partial charge is 0.355 e. The van der Waals surface area contributed by atoms with Gasteiger partial charge in [0.05, 0.1) is 5.75 Å². The van der Waals surface area contributed by atoms with E-state index in [0.29, 0.717) is 30.3 Å². The number of rotatable bonds is 10. The van der Waals surface area contributed by atoms with Crippen LogP contribution in [-0.4, -0.2) is 33.7 Å². The Morgan fingerprint density at radius 3 is 2.48 bits per heavy atom. The van der Waals surface area contributed by atoms with Crippen molar-refractivity contribution in [3.05, 3.63) is 78.1 Å². The van der Waals surface area contributed by atoms with Crippen LogP contribution in [0.5, 0.6) is 0 Å². The molecule has 0 aliphatic heterocycles. The average Bonchev–Trinajstić information content (AvgIpc) is 3.25. The standard InChI is InChI=1S/C24H28N4O2S/c1-18(2)12-13-25-22(29)17-31-24-26-14-15-28(24)21-10-8-20(9-11-21)23(30)27-16-19-6-4-3-5-7-19/h3-11,14-15,18H,12-13,16-17H2,1-2H3,(H,25,29)(H,27,30). The Morgan fingerprint density at radius 2 is 1.77 bits per heavy atom. The molecule has 0 aliphatic rings. The van der Waals surface area contributed by atoms with Gasteiger partial charge in [-0.3, -0.25) is 14.2 Å². The van der Waals surface area contributed by atoms with Crippen molar-refractivity contribution in [1.29, 1.82) is 0 Å². The molecule has 0 aliphatic carbocycles. The summed E-state index contributed by atoms with van der Waals surface area (Å²) in [5.41, 5.74) is 2.54. The number of amides is 2. The molecule has 0 spiro atoms. The SMILES string of the molecule is CC(C)CCNC(=O)CSc1nccn1-c1ccc(C(=O)NCc2ccccc2)cc1. The fourth-order valence-electron chi connectivity index (χ4n) is 2.93. The highest BCUT2D eigenvalue weighted by Gasteiger charge is 2.11. The van der Waals surface area contributed by atoms with Crippen LogP contribution < -0.4 is 10.6 Å². The third-order valence-electron chi connectivity index (χ3n) is 4.69. The molecular formula is C24H28N4O2S. The summed E-state index contributed by atoms with van der Waals surface area (Å²) in [6.07, 6.45) is 4.53. The van der Waals surface area contributed by atoms with E-state index in [0.717, 1.165) is 22.8 Å². The van der Waals surface area contributed by atoms with Crippen molar-refractivity contribution in [2.24, 2.45) is 5.92 Å². The number of benzene rings is 2. The van der Waals surface area contributed by atoms with Crippen LogP contribution in [0.1, 0.15) is 36.2 Å². The molecule has 2 amide bonds. The number of carbonyl (C=O) groups excluding carboxylic acids is 2. The quantitative estimate of drug-likeness (QED) is 0.470. The Morgan fingerprint density at radius 1 is 1.03 bits per heavy atom. The Labute approximate surface area is 187 Å². The summed E-state index contributed by atoms with van der Waals surface area (Å²) in [6.45, 7) is 5.45. The first-order valence-electron chi connectivity index (χ1n) is 10.4. The Bertz CT molecular complexity index is 984. The summed E-state index contributed by atoms with van der Waals surface area (Å²) >= 11 is 1.39. The lowest BCUT2D eigenvalue weighted by atomic mass is 10.1. The number of carbonyl (C=O) groups is 2. The second-order valence-electron chi connectivity index (χ2n) is 7.62. The van der Waals surface area contributed by atoms with Crippen molar-refractivity contribution in [3.63, 3.8) is 0 Å². The van der Waals surface area contributed by atoms with Gasteiger partial charge in [-0.05, 0) is 42.2 Å². The molecular weight excluding hydrogens is 408 g/mol. The predicted molar refractivity (Wildman–Crippen MR) is 124 cm³/mol. The number of hydrogen-bond donors (Lipinski definition) is 2. The molecule has 0 saturated carbocycles. The second-order valence-corrected chi connectivity index (χ2v) is 8.56. The highest BCUT2D eigenvalue weighted by Crippen LogP contribution is 2.20. The molecule has 0 fully saturated rings. The van der Waals surface area contributed by atoms with Gasteiger partial charge in [-0.15, -0.1) is 0 Å². The van der Waals surface area contributed by atoms with Crippen LogP contribution in [0.25, 0.3) is 5.69 Å². The van der Waals surface area contributed by atoms with E-state index in [4.69, 9.17) is 0 Å². The third kappa shape index (κ3) is 7.00. The van der Waals surface area contributed by atoms with Crippen LogP contribution >= 0.6 is 11.8 Å². The van der Waals surface area contributed by atoms with Crippen LogP contribution in [0.15, 0.2) is 72.1 Å². The minimum absolute atomic E-state index is 0.00522. The zero-order chi connectivity index (χ0) is 22.1. The van der Waals surface area contributed by atoms with Gasteiger partial charge in [0.15, 0.2) is 5.16 Å². The minimum Gasteiger partial charge on any atom is -0.355 e. The molecule has 2 N–H and O–H groups in total. The molecule has 1 heterocycles. The lowest BCUT2D eigenvalue weighted by molar-refractivity contribution is -0.118. The maximum atomic E-state index is 12.4. The zero-order valence-electron chi connectivity index (χ0n) is 17.9. The molecule has 3 aromatic rings. The average molecular weight is 437 g/mol. The highest BCUT2D eigenvalue weighted by molar-refractivity contribution is 7.99. The van der Waals surface area contributed by atoms with E-state index < -0.39 is 0 Å². The lowest BCUT2D eigenvalue weighted by Gasteiger charge is -2.10. The van der Waals surface area contributed by atoms with Gasteiger partial charge in [0.25, 0.3) is 5.91 Å². The van der Waals surface area contributed by atoms with E-state index in [1.54, 1.807) is 18.3 Å². The summed E-state index contributed by atoms with van der Waals surface area (Å²) in [5.74, 6) is 0.768. The second kappa shape index (κ2) is 11.4. The fraction of sp³-hybridized carbons (Fsp3) is 0.292. The topological polar surface area (TPSA) is 76.0 Å². The van der Waals surface area contributed by atoms with Gasteiger partial charge in [0.2, 0.25) is 5.91 Å². The van der Waals surface area contributed by atoms with Crippen molar-refractivity contribution in [2.45, 2.75) is 32.0 Å². The lowest BCUT2D eigenvalue weighted by Crippen LogP contribution is -2.27. The number of nitrogens with zero attached hydrogens (tertiary/aromatic N) is 2. The van der Waals surface area contributed by atoms with Gasteiger partial charge < -0.3 is 10.6 Å². The van der Waals surface area contributed by atoms with Crippen molar-refractivity contribution in [2.75, 3.05) is 12.3 Å². The molecule has 162 valence electrons. The van der Waals surface area contributed by atoms with Gasteiger partial charge >= 0.3 is 0 Å². The Kier molecular flexibility index (Phi) is 8.29. The van der Waals surface area contributed by atoms with Gasteiger partial charge in [0, 0.05) is 36.7 Å². The molecule has 31 heavy (non-hydrogen) atoms. The maximum absolute atomic E-state index is 12.4. The molecule has 0 saturated heterocycles. The third-order valence-corrected chi connectivity index (χ3v) is 5.65. The number of aromatic nitrogens is 2. The van der Waals surface area contributed by atoms with Crippen LogP contribution in [0.4, 0.5) is 0 Å². The van der Waals surface area contributed by atoms with E-state index in [2.05, 4.69) is 29.5 Å². The number of nitrogens with one attached hydrogen (secondary N) is 2. The first kappa shape index (κ1) is 22.6. The van der Waals surface area contributed by atoms with Crippen molar-refractivity contribution in [1.82, 2.24) is 20.2 Å². The molecule has 1 aromatic heterocycles. The summed E-state index contributed by atoms with van der Waals surface area (Å²) in [7, 11) is 0. The van der Waals surface area contributed by atoms with Gasteiger partial charge in [0.1, 0.15) is 0 Å². The number of thioether (sulfide) groups is 1. The van der Waals surface area contributed by atoms with E-state index >= 15 is 0 Å². The monoisotopic (exact) mass is 436 g/mol. The predicted octanol–water partition coefficient (Wildman–Crippen LogP) is 4.06. The van der Waals surface area contributed by atoms with Crippen molar-refractivity contribution < 1.29 is 9.59 Å². The molecule has 2 aromatic carbocycles. The maximum Gasteiger partial charge on any atom is 0.251 e. The molecule has 0 bridgehead atoms. The highest BCUT2D eigenvalue weighted by atomic mass is 32.2. The van der Waals surface area contributed by atoms with E-state index in [9.17, 15) is 9.59 Å². The van der Waals surface area contributed by atoms with Gasteiger partial charge in [-0.25, -0.2) is 4.98 Å². The summed E-state index contributed by atoms with van der Waals surface area (Å²) in [5, 5.41) is 6.61. The molecule has 6 nitrogen and oxygen atoms in total. The van der Waals surface area contributed by atoms with Crippen LogP contribution in [0.2, 0.25) is 0 Å². The zero-order valence-corrected chi connectivity index (χ0v) is 18.7. The Balaban J connectivity index is 1.55. The van der Waals surface area contributed by atoms with Gasteiger partial charge in [-0.1, -0.05) is 55.9 Å². The number of imidazole rings is 1. The summed E-state index contributed by atoms with van der Waals surface area (Å²) in [6, 6.07) is 17.2. The molecule has 0 radical (unpaired) electrons. The van der Waals surface area contributed by atoms with Crippen molar-refractivity contribution >= 4 is 23.6 Å². The van der Waals surface area contributed by atoms with E-state index in [1.165, 1.54) is 11.8 Å². The summed E-state index contributed by atoms with van der Waals surface area (Å²) in [4.78, 5) is 28.8. The van der Waals surface area contributed by atoms with E-state index in [1.807, 2.05) is 53.2 Å². The summed E-state index contributed by atoms with van der Waals surface area (Å²) < 4.78 is 1.91. The van der Waals surface area contributed by atoms with Crippen LogP contribution in [0.3, 0.4) is 0 Å². The number of hydrogen-bond acceptors (Lipinski definition) is 4. The molecule has 3 rings (SSSR count). The normalized spacial score (nSPS) is 10.8. The molecule has 7 heteroatoms. The fourth-order valence-corrected chi connectivity index (χ4v) is 3.73. The Hall–Kier alpha value is -3.06. The smallest absolute Gasteiger partial charge is 0.251 e.